The quantitative estimate of drug-likeness (QED) is 0.136. The van der Waals surface area contributed by atoms with E-state index in [0.29, 0.717) is 5.56 Å². The number of carbonyl (C=O) groups is 1. The maximum absolute atomic E-state index is 10.2. The molecule has 1 aromatic rings. The predicted octanol–water partition coefficient (Wildman–Crippen LogP) is -7.75. The van der Waals surface area contributed by atoms with Crippen molar-refractivity contribution >= 4 is 17.7 Å². The fourth-order valence-corrected chi connectivity index (χ4v) is 0.812. The Balaban J connectivity index is -0.000000379. The second kappa shape index (κ2) is 13.4. The molecule has 0 heterocycles. The Kier molecular flexibility index (Phi) is 17.3. The Morgan fingerprint density at radius 2 is 1.58 bits per heavy atom. The minimum atomic E-state index is -2.33. The number of oxime groups is 1. The molecule has 0 aliphatic carbocycles. The molecule has 0 aliphatic heterocycles. The van der Waals surface area contributed by atoms with Gasteiger partial charge in [-0.2, -0.15) is 0 Å². The number of carboxylic acid groups (broad SMARTS) is 2. The average Bonchev–Trinajstić information content (AvgIpc) is 2.27. The van der Waals surface area contributed by atoms with Crippen molar-refractivity contribution in [2.24, 2.45) is 10.9 Å². The zero-order valence-corrected chi connectivity index (χ0v) is 16.5. The van der Waals surface area contributed by atoms with Gasteiger partial charge in [0.2, 0.25) is 0 Å². The molecule has 0 aliphatic rings. The van der Waals surface area contributed by atoms with Crippen LogP contribution in [0.25, 0.3) is 0 Å². The van der Waals surface area contributed by atoms with E-state index in [2.05, 4.69) is 5.16 Å². The molecule has 0 bridgehead atoms. The second-order valence-electron chi connectivity index (χ2n) is 2.54. The van der Waals surface area contributed by atoms with Crippen molar-refractivity contribution in [2.45, 2.75) is 0 Å². The van der Waals surface area contributed by atoms with Gasteiger partial charge in [-0.15, -0.1) is 0 Å². The van der Waals surface area contributed by atoms with Crippen molar-refractivity contribution in [3.63, 3.8) is 0 Å². The van der Waals surface area contributed by atoms with Crippen LogP contribution in [0.3, 0.4) is 0 Å². The molecule has 19 heavy (non-hydrogen) atoms. The molecule has 0 unspecified atom stereocenters. The largest absolute Gasteiger partial charge is 1.00 e. The number of carbonyl (C=O) groups excluding carboxylic acids is 1. The number of non-ortho nitro benzene ring substituents is 1. The molecule has 11 heteroatoms. The molecule has 0 amide bonds. The first kappa shape index (κ1) is 24.5. The number of rotatable bonds is 2. The first-order chi connectivity index (χ1) is 7.88. The van der Waals surface area contributed by atoms with Crippen LogP contribution in [0.1, 0.15) is 5.56 Å². The molecule has 3 N–H and O–H groups in total. The van der Waals surface area contributed by atoms with Crippen molar-refractivity contribution < 1.29 is 128 Å². The number of hydrogen-bond donors (Lipinski definition) is 2. The Labute approximate surface area is 192 Å². The maximum Gasteiger partial charge on any atom is 1.00 e. The molecule has 9 nitrogen and oxygen atoms in total. The number of hydrogen-bond acceptors (Lipinski definition) is 7. The second-order valence-corrected chi connectivity index (χ2v) is 2.54. The van der Waals surface area contributed by atoms with E-state index in [4.69, 9.17) is 25.9 Å². The molecule has 92 valence electrons. The summed E-state index contributed by atoms with van der Waals surface area (Å²) in [6, 6.07) is 5.39. The van der Waals surface area contributed by atoms with Gasteiger partial charge >= 0.3 is 103 Å². The van der Waals surface area contributed by atoms with E-state index in [-0.39, 0.29) is 114 Å². The van der Waals surface area contributed by atoms with Crippen molar-refractivity contribution in [2.75, 3.05) is 0 Å². The molecular weight excluding hydrogens is 312 g/mol. The molecule has 0 saturated heterocycles. The summed E-state index contributed by atoms with van der Waals surface area (Å²) in [7, 11) is 0. The number of nitrogens with two attached hydrogens (primary N) is 1. The van der Waals surface area contributed by atoms with Crippen molar-refractivity contribution in [3.05, 3.63) is 39.9 Å². The van der Waals surface area contributed by atoms with E-state index >= 15 is 0 Å². The molecular formula is C8H7K2N3O6. The van der Waals surface area contributed by atoms with Gasteiger partial charge in [-0.05, 0) is 18.3 Å². The Bertz CT molecular complexity index is 433. The van der Waals surface area contributed by atoms with E-state index < -0.39 is 11.1 Å². The summed E-state index contributed by atoms with van der Waals surface area (Å²) in [6.45, 7) is 0. The molecule has 0 fully saturated rings. The topological polar surface area (TPSA) is 165 Å². The minimum absolute atomic E-state index is 0. The Morgan fingerprint density at radius 1 is 1.21 bits per heavy atom. The van der Waals surface area contributed by atoms with Crippen LogP contribution in [0.5, 0.6) is 0 Å². The van der Waals surface area contributed by atoms with Crippen LogP contribution in [-0.2, 0) is 0 Å². The van der Waals surface area contributed by atoms with E-state index in [1.54, 1.807) is 0 Å². The average molecular weight is 319 g/mol. The van der Waals surface area contributed by atoms with Crippen LogP contribution in [0, 0.1) is 10.1 Å². The van der Waals surface area contributed by atoms with Crippen LogP contribution in [0.4, 0.5) is 10.5 Å². The number of benzene rings is 1. The standard InChI is InChI=1S/C7H7N3O3.CH2O3.2K/c8-7(9-11)5-1-3-6(4-2-5)10(12)13;2-1(3)4;;/h1-4,11H,(H2,8,9);(H2,2,3,4);;/q;;2*+1/p-2. The van der Waals surface area contributed by atoms with Crippen molar-refractivity contribution in [1.82, 2.24) is 0 Å². The number of nitro groups is 1. The molecule has 0 spiro atoms. The third-order valence-electron chi connectivity index (χ3n) is 1.48. The van der Waals surface area contributed by atoms with Crippen LogP contribution in [-0.4, -0.2) is 22.1 Å². The Hall–Kier alpha value is 0.433. The van der Waals surface area contributed by atoms with Crippen molar-refractivity contribution in [1.29, 1.82) is 0 Å². The van der Waals surface area contributed by atoms with E-state index in [1.807, 2.05) is 0 Å². The fraction of sp³-hybridized carbons (Fsp3) is 0. The minimum Gasteiger partial charge on any atom is -0.652 e. The molecule has 1 rings (SSSR count). The van der Waals surface area contributed by atoms with Crippen LogP contribution < -0.4 is 119 Å². The van der Waals surface area contributed by atoms with Crippen LogP contribution in [0.15, 0.2) is 29.4 Å². The third kappa shape index (κ3) is 11.9. The van der Waals surface area contributed by atoms with Gasteiger partial charge in [-0.1, -0.05) is 5.16 Å². The summed E-state index contributed by atoms with van der Waals surface area (Å²) in [4.78, 5) is 18.1. The predicted molar refractivity (Wildman–Crippen MR) is 51.0 cm³/mol. The van der Waals surface area contributed by atoms with Gasteiger partial charge in [0, 0.05) is 17.7 Å². The van der Waals surface area contributed by atoms with Gasteiger partial charge in [0.1, 0.15) is 0 Å². The summed E-state index contributed by atoms with van der Waals surface area (Å²) in [6.07, 6.45) is -2.33. The van der Waals surface area contributed by atoms with Crippen molar-refractivity contribution in [3.8, 4) is 0 Å². The molecule has 0 saturated carbocycles. The SMILES string of the molecule is NC(=NO)c1ccc([N+](=O)[O-])cc1.O=C([O-])[O-].[K+].[K+]. The van der Waals surface area contributed by atoms with Gasteiger partial charge < -0.3 is 25.9 Å². The summed E-state index contributed by atoms with van der Waals surface area (Å²) in [5.74, 6) is -0.0742. The summed E-state index contributed by atoms with van der Waals surface area (Å²) in [5, 5.41) is 38.0. The summed E-state index contributed by atoms with van der Waals surface area (Å²) < 4.78 is 0. The number of amidine groups is 1. The molecule has 0 aromatic heterocycles. The van der Waals surface area contributed by atoms with Gasteiger partial charge in [0.15, 0.2) is 5.84 Å². The van der Waals surface area contributed by atoms with E-state index in [0.717, 1.165) is 0 Å². The number of nitrogens with zero attached hydrogens (tertiary/aromatic N) is 2. The molecule has 1 aromatic carbocycles. The smallest absolute Gasteiger partial charge is 0.652 e. The zero-order valence-electron chi connectivity index (χ0n) is 10.3. The first-order valence-electron chi connectivity index (χ1n) is 3.98. The Morgan fingerprint density at radius 3 is 1.84 bits per heavy atom. The monoisotopic (exact) mass is 319 g/mol. The first-order valence-corrected chi connectivity index (χ1v) is 3.98. The van der Waals surface area contributed by atoms with Gasteiger partial charge in [0.25, 0.3) is 5.69 Å². The molecule has 0 atom stereocenters. The zero-order chi connectivity index (χ0) is 13.4. The van der Waals surface area contributed by atoms with E-state index in [1.165, 1.54) is 24.3 Å². The fourth-order valence-electron chi connectivity index (χ4n) is 0.812. The third-order valence-corrected chi connectivity index (χ3v) is 1.48. The summed E-state index contributed by atoms with van der Waals surface area (Å²) in [5.41, 5.74) is 5.66. The summed E-state index contributed by atoms with van der Waals surface area (Å²) >= 11 is 0. The number of nitro benzene ring substituents is 1. The van der Waals surface area contributed by atoms with E-state index in [9.17, 15) is 10.1 Å². The molecule has 0 radical (unpaired) electrons. The van der Waals surface area contributed by atoms with Crippen LogP contribution >= 0.6 is 0 Å². The van der Waals surface area contributed by atoms with Crippen LogP contribution in [0.2, 0.25) is 0 Å². The van der Waals surface area contributed by atoms with Gasteiger partial charge in [0.05, 0.1) is 4.92 Å². The normalized spacial score (nSPS) is 8.95. The van der Waals surface area contributed by atoms with Gasteiger partial charge in [-0.25, -0.2) is 0 Å². The maximum atomic E-state index is 10.2. The van der Waals surface area contributed by atoms with Gasteiger partial charge in [-0.3, -0.25) is 10.1 Å².